The number of nitrogens with one attached hydrogen (secondary N) is 1. The minimum absolute atomic E-state index is 0.00896. The molecule has 0 aliphatic heterocycles. The van der Waals surface area contributed by atoms with E-state index in [0.717, 1.165) is 5.75 Å². The van der Waals surface area contributed by atoms with Gasteiger partial charge in [-0.05, 0) is 19.1 Å². The van der Waals surface area contributed by atoms with Crippen molar-refractivity contribution in [1.82, 2.24) is 5.32 Å². The van der Waals surface area contributed by atoms with E-state index in [9.17, 15) is 9.59 Å². The zero-order valence-electron chi connectivity index (χ0n) is 11.8. The van der Waals surface area contributed by atoms with Crippen LogP contribution in [0.1, 0.15) is 40.5 Å². The summed E-state index contributed by atoms with van der Waals surface area (Å²) in [6.07, 6.45) is 0.775. The number of amides is 1. The number of Topliss-reactive ketones (excluding diaryl/α,β-unsaturated/α-hetero) is 1. The van der Waals surface area contributed by atoms with Crippen LogP contribution in [0, 0.1) is 0 Å². The molecule has 0 saturated carbocycles. The third-order valence-corrected chi connectivity index (χ3v) is 3.52. The van der Waals surface area contributed by atoms with Crippen molar-refractivity contribution in [3.63, 3.8) is 0 Å². The Bertz CT molecular complexity index is 257. The molecule has 0 aliphatic carbocycles. The Hall–Kier alpha value is -0.550. The predicted molar refractivity (Wildman–Crippen MR) is 75.9 cm³/mol. The molecule has 0 heterocycles. The molecule has 1 N–H and O–H groups in total. The fraction of sp³-hybridized carbons (Fsp3) is 0.846. The second kappa shape index (κ2) is 10.4. The van der Waals surface area contributed by atoms with Crippen LogP contribution in [0.15, 0.2) is 0 Å². The van der Waals surface area contributed by atoms with Gasteiger partial charge in [-0.3, -0.25) is 9.59 Å². The van der Waals surface area contributed by atoms with E-state index in [4.69, 9.17) is 4.74 Å². The monoisotopic (exact) mass is 275 g/mol. The predicted octanol–water partition coefficient (Wildman–Crippen LogP) is 2.02. The van der Waals surface area contributed by atoms with Gasteiger partial charge in [0.15, 0.2) is 0 Å². The standard InChI is InChI=1S/C13H25NO3S/c1-10(2)18-9-11(3)14-13(16)6-8-17-7-5-12(4)15/h10-11H,5-9H2,1-4H3,(H,14,16). The van der Waals surface area contributed by atoms with Crippen molar-refractivity contribution in [2.75, 3.05) is 19.0 Å². The quantitative estimate of drug-likeness (QED) is 0.620. The maximum absolute atomic E-state index is 11.5. The molecule has 4 nitrogen and oxygen atoms in total. The SMILES string of the molecule is CC(=O)CCOCCC(=O)NC(C)CSC(C)C. The van der Waals surface area contributed by atoms with Gasteiger partial charge in [0.05, 0.1) is 13.2 Å². The molecule has 0 aromatic carbocycles. The highest BCUT2D eigenvalue weighted by Gasteiger charge is 2.08. The normalized spacial score (nSPS) is 12.5. The number of ether oxygens (including phenoxy) is 1. The lowest BCUT2D eigenvalue weighted by molar-refractivity contribution is -0.122. The van der Waals surface area contributed by atoms with E-state index in [-0.39, 0.29) is 17.7 Å². The van der Waals surface area contributed by atoms with E-state index >= 15 is 0 Å². The first-order valence-electron chi connectivity index (χ1n) is 6.40. The molecule has 106 valence electrons. The Morgan fingerprint density at radius 1 is 1.17 bits per heavy atom. The summed E-state index contributed by atoms with van der Waals surface area (Å²) in [7, 11) is 0. The van der Waals surface area contributed by atoms with Crippen LogP contribution in [-0.4, -0.2) is 41.9 Å². The fourth-order valence-corrected chi connectivity index (χ4v) is 1.97. The Morgan fingerprint density at radius 2 is 1.78 bits per heavy atom. The van der Waals surface area contributed by atoms with Crippen molar-refractivity contribution in [3.8, 4) is 0 Å². The van der Waals surface area contributed by atoms with E-state index in [0.29, 0.717) is 31.3 Å². The first-order valence-corrected chi connectivity index (χ1v) is 7.44. The number of rotatable bonds is 10. The van der Waals surface area contributed by atoms with Crippen molar-refractivity contribution < 1.29 is 14.3 Å². The van der Waals surface area contributed by atoms with E-state index < -0.39 is 0 Å². The molecule has 0 bridgehead atoms. The summed E-state index contributed by atoms with van der Waals surface area (Å²) in [6.45, 7) is 8.60. The molecule has 0 aromatic heterocycles. The smallest absolute Gasteiger partial charge is 0.222 e. The topological polar surface area (TPSA) is 55.4 Å². The highest BCUT2D eigenvalue weighted by atomic mass is 32.2. The van der Waals surface area contributed by atoms with Gasteiger partial charge >= 0.3 is 0 Å². The molecule has 0 rings (SSSR count). The van der Waals surface area contributed by atoms with Gasteiger partial charge < -0.3 is 10.1 Å². The van der Waals surface area contributed by atoms with Crippen LogP contribution < -0.4 is 5.32 Å². The Kier molecular flexibility index (Phi) is 10.1. The van der Waals surface area contributed by atoms with Crippen LogP contribution in [0.2, 0.25) is 0 Å². The molecule has 5 heteroatoms. The van der Waals surface area contributed by atoms with Gasteiger partial charge in [0.2, 0.25) is 5.91 Å². The number of hydrogen-bond acceptors (Lipinski definition) is 4. The Labute approximate surface area is 114 Å². The minimum Gasteiger partial charge on any atom is -0.380 e. The van der Waals surface area contributed by atoms with Gasteiger partial charge in [0, 0.05) is 24.6 Å². The highest BCUT2D eigenvalue weighted by molar-refractivity contribution is 7.99. The molecule has 0 spiro atoms. The molecule has 0 fully saturated rings. The highest BCUT2D eigenvalue weighted by Crippen LogP contribution is 2.10. The molecule has 0 radical (unpaired) electrons. The third-order valence-electron chi connectivity index (χ3n) is 2.16. The van der Waals surface area contributed by atoms with Crippen molar-refractivity contribution in [2.24, 2.45) is 0 Å². The summed E-state index contributed by atoms with van der Waals surface area (Å²) in [4.78, 5) is 22.2. The largest absolute Gasteiger partial charge is 0.380 e. The Balaban J connectivity index is 3.49. The number of thioether (sulfide) groups is 1. The van der Waals surface area contributed by atoms with Crippen LogP contribution in [0.3, 0.4) is 0 Å². The van der Waals surface area contributed by atoms with E-state index in [1.807, 2.05) is 18.7 Å². The molecular weight excluding hydrogens is 250 g/mol. The van der Waals surface area contributed by atoms with Gasteiger partial charge in [0.25, 0.3) is 0 Å². The first kappa shape index (κ1) is 17.4. The van der Waals surface area contributed by atoms with Crippen LogP contribution in [0.25, 0.3) is 0 Å². The molecule has 0 saturated heterocycles. The molecule has 0 aromatic rings. The van der Waals surface area contributed by atoms with Crippen molar-refractivity contribution in [3.05, 3.63) is 0 Å². The first-order chi connectivity index (χ1) is 8.41. The van der Waals surface area contributed by atoms with Crippen molar-refractivity contribution in [2.45, 2.75) is 51.8 Å². The molecular formula is C13H25NO3S. The van der Waals surface area contributed by atoms with E-state index in [1.54, 1.807) is 0 Å². The fourth-order valence-electron chi connectivity index (χ4n) is 1.21. The van der Waals surface area contributed by atoms with E-state index in [1.165, 1.54) is 6.92 Å². The maximum Gasteiger partial charge on any atom is 0.222 e. The van der Waals surface area contributed by atoms with Gasteiger partial charge in [-0.25, -0.2) is 0 Å². The summed E-state index contributed by atoms with van der Waals surface area (Å²) in [5, 5.41) is 3.51. The molecule has 18 heavy (non-hydrogen) atoms. The third kappa shape index (κ3) is 11.9. The van der Waals surface area contributed by atoms with E-state index in [2.05, 4.69) is 19.2 Å². The lowest BCUT2D eigenvalue weighted by atomic mass is 10.3. The Morgan fingerprint density at radius 3 is 2.33 bits per heavy atom. The van der Waals surface area contributed by atoms with Gasteiger partial charge in [0.1, 0.15) is 5.78 Å². The number of hydrogen-bond donors (Lipinski definition) is 1. The summed E-state index contributed by atoms with van der Waals surface area (Å²) in [5.41, 5.74) is 0. The van der Waals surface area contributed by atoms with Crippen molar-refractivity contribution >= 4 is 23.5 Å². The summed E-state index contributed by atoms with van der Waals surface area (Å²) in [6, 6.07) is 0.183. The lowest BCUT2D eigenvalue weighted by Gasteiger charge is -2.14. The number of carbonyl (C=O) groups excluding carboxylic acids is 2. The summed E-state index contributed by atoms with van der Waals surface area (Å²) < 4.78 is 5.21. The number of ketones is 1. The van der Waals surface area contributed by atoms with Gasteiger partial charge in [-0.15, -0.1) is 0 Å². The second-order valence-electron chi connectivity index (χ2n) is 4.67. The lowest BCUT2D eigenvalue weighted by Crippen LogP contribution is -2.35. The van der Waals surface area contributed by atoms with Crippen LogP contribution in [0.4, 0.5) is 0 Å². The zero-order chi connectivity index (χ0) is 14.0. The maximum atomic E-state index is 11.5. The molecule has 1 amide bonds. The zero-order valence-corrected chi connectivity index (χ0v) is 12.6. The van der Waals surface area contributed by atoms with Crippen molar-refractivity contribution in [1.29, 1.82) is 0 Å². The molecule has 0 aliphatic rings. The average molecular weight is 275 g/mol. The summed E-state index contributed by atoms with van der Waals surface area (Å²) in [5.74, 6) is 1.04. The van der Waals surface area contributed by atoms with Crippen LogP contribution >= 0.6 is 11.8 Å². The average Bonchev–Trinajstić information content (AvgIpc) is 2.25. The molecule has 1 atom stereocenters. The van der Waals surface area contributed by atoms with Gasteiger partial charge in [-0.2, -0.15) is 11.8 Å². The molecule has 1 unspecified atom stereocenters. The minimum atomic E-state index is 0.00896. The van der Waals surface area contributed by atoms with Crippen LogP contribution in [0.5, 0.6) is 0 Å². The summed E-state index contributed by atoms with van der Waals surface area (Å²) >= 11 is 1.83. The van der Waals surface area contributed by atoms with Gasteiger partial charge in [-0.1, -0.05) is 13.8 Å². The second-order valence-corrected chi connectivity index (χ2v) is 6.27. The van der Waals surface area contributed by atoms with Crippen LogP contribution in [-0.2, 0) is 14.3 Å². The number of carbonyl (C=O) groups is 2.